The minimum atomic E-state index is -0.114. The molecule has 0 N–H and O–H groups in total. The van der Waals surface area contributed by atoms with Crippen LogP contribution in [-0.2, 0) is 14.3 Å². The summed E-state index contributed by atoms with van der Waals surface area (Å²) in [4.78, 5) is 25.3. The predicted octanol–water partition coefficient (Wildman–Crippen LogP) is 1.83. The van der Waals surface area contributed by atoms with Crippen LogP contribution in [0.2, 0.25) is 0 Å². The number of ether oxygens (including phenoxy) is 1. The molecule has 0 spiro atoms. The molecule has 1 aliphatic rings. The van der Waals surface area contributed by atoms with Crippen LogP contribution < -0.4 is 0 Å². The van der Waals surface area contributed by atoms with Gasteiger partial charge in [0.2, 0.25) is 5.91 Å². The zero-order chi connectivity index (χ0) is 13.0. The molecule has 0 aromatic carbocycles. The summed E-state index contributed by atoms with van der Waals surface area (Å²) in [6.07, 6.45) is 1.39. The molecule has 0 aromatic rings. The number of rotatable bonds is 3. The Bertz CT molecular complexity index is 278. The third kappa shape index (κ3) is 4.02. The summed E-state index contributed by atoms with van der Waals surface area (Å²) in [7, 11) is 0. The van der Waals surface area contributed by atoms with Gasteiger partial charge in [-0.25, -0.2) is 0 Å². The molecule has 1 amide bonds. The van der Waals surface area contributed by atoms with Crippen molar-refractivity contribution in [2.24, 2.45) is 11.8 Å². The van der Waals surface area contributed by atoms with Crippen LogP contribution in [0, 0.1) is 11.8 Å². The molecule has 4 heteroatoms. The largest absolute Gasteiger partial charge is 0.463 e. The van der Waals surface area contributed by atoms with E-state index in [1.54, 1.807) is 0 Å². The van der Waals surface area contributed by atoms with Gasteiger partial charge in [-0.3, -0.25) is 9.59 Å². The summed E-state index contributed by atoms with van der Waals surface area (Å²) >= 11 is 0. The van der Waals surface area contributed by atoms with Gasteiger partial charge in [-0.15, -0.1) is 0 Å². The van der Waals surface area contributed by atoms with Gasteiger partial charge in [-0.2, -0.15) is 0 Å². The number of amides is 1. The highest BCUT2D eigenvalue weighted by atomic mass is 16.5. The number of carbonyl (C=O) groups is 2. The van der Waals surface area contributed by atoms with Crippen LogP contribution in [0.1, 0.15) is 40.5 Å². The zero-order valence-electron chi connectivity index (χ0n) is 11.2. The molecule has 1 aliphatic heterocycles. The highest BCUT2D eigenvalue weighted by molar-refractivity contribution is 5.79. The van der Waals surface area contributed by atoms with Gasteiger partial charge in [-0.05, 0) is 26.7 Å². The van der Waals surface area contributed by atoms with Crippen LogP contribution in [-0.4, -0.2) is 36.0 Å². The molecule has 1 saturated heterocycles. The molecule has 1 heterocycles. The lowest BCUT2D eigenvalue weighted by molar-refractivity contribution is -0.155. The number of carbonyl (C=O) groups excluding carboxylic acids is 2. The van der Waals surface area contributed by atoms with Crippen molar-refractivity contribution in [3.8, 4) is 0 Å². The molecule has 0 unspecified atom stereocenters. The van der Waals surface area contributed by atoms with Crippen molar-refractivity contribution in [2.45, 2.75) is 46.6 Å². The van der Waals surface area contributed by atoms with Crippen LogP contribution in [0.5, 0.6) is 0 Å². The number of likely N-dealkylation sites (tertiary alicyclic amines) is 1. The fourth-order valence-corrected chi connectivity index (χ4v) is 2.03. The molecule has 0 bridgehead atoms. The summed E-state index contributed by atoms with van der Waals surface area (Å²) < 4.78 is 5.19. The van der Waals surface area contributed by atoms with Crippen molar-refractivity contribution in [3.05, 3.63) is 0 Å². The van der Waals surface area contributed by atoms with Gasteiger partial charge < -0.3 is 9.64 Å². The van der Waals surface area contributed by atoms with E-state index in [4.69, 9.17) is 4.74 Å². The number of piperidine rings is 1. The minimum absolute atomic E-state index is 0.0337. The molecule has 17 heavy (non-hydrogen) atoms. The first kappa shape index (κ1) is 14.0. The van der Waals surface area contributed by atoms with Gasteiger partial charge in [0.15, 0.2) is 0 Å². The zero-order valence-corrected chi connectivity index (χ0v) is 11.2. The molecule has 0 aromatic heterocycles. The van der Waals surface area contributed by atoms with E-state index in [1.165, 1.54) is 0 Å². The Morgan fingerprint density at radius 3 is 2.06 bits per heavy atom. The monoisotopic (exact) mass is 241 g/mol. The normalized spacial score (nSPS) is 17.6. The van der Waals surface area contributed by atoms with Gasteiger partial charge >= 0.3 is 5.97 Å². The van der Waals surface area contributed by atoms with E-state index >= 15 is 0 Å². The maximum absolute atomic E-state index is 11.8. The Morgan fingerprint density at radius 2 is 1.65 bits per heavy atom. The lowest BCUT2D eigenvalue weighted by Crippen LogP contribution is -2.42. The minimum Gasteiger partial charge on any atom is -0.463 e. The molecule has 0 saturated carbocycles. The van der Waals surface area contributed by atoms with Crippen molar-refractivity contribution < 1.29 is 14.3 Å². The fraction of sp³-hybridized carbons (Fsp3) is 0.846. The smallest absolute Gasteiger partial charge is 0.309 e. The van der Waals surface area contributed by atoms with Crippen LogP contribution >= 0.6 is 0 Å². The van der Waals surface area contributed by atoms with E-state index < -0.39 is 0 Å². The summed E-state index contributed by atoms with van der Waals surface area (Å²) in [6.45, 7) is 8.87. The molecular weight excluding hydrogens is 218 g/mol. The average molecular weight is 241 g/mol. The summed E-state index contributed by atoms with van der Waals surface area (Å²) in [6, 6.07) is 0. The van der Waals surface area contributed by atoms with Crippen molar-refractivity contribution in [3.63, 3.8) is 0 Å². The molecular formula is C13H23NO3. The maximum atomic E-state index is 11.8. The van der Waals surface area contributed by atoms with E-state index in [2.05, 4.69) is 0 Å². The number of nitrogens with zero attached hydrogens (tertiary/aromatic N) is 1. The second kappa shape index (κ2) is 6.03. The van der Waals surface area contributed by atoms with E-state index in [1.807, 2.05) is 32.6 Å². The Morgan fingerprint density at radius 1 is 1.12 bits per heavy atom. The highest BCUT2D eigenvalue weighted by Crippen LogP contribution is 2.20. The van der Waals surface area contributed by atoms with Crippen LogP contribution in [0.3, 0.4) is 0 Å². The molecule has 0 radical (unpaired) electrons. The maximum Gasteiger partial charge on any atom is 0.309 e. The molecule has 0 atom stereocenters. The molecule has 98 valence electrons. The number of hydrogen-bond donors (Lipinski definition) is 0. The topological polar surface area (TPSA) is 46.6 Å². The highest BCUT2D eigenvalue weighted by Gasteiger charge is 2.29. The van der Waals surface area contributed by atoms with Gasteiger partial charge in [0.1, 0.15) is 0 Å². The molecule has 1 rings (SSSR count). The van der Waals surface area contributed by atoms with Crippen molar-refractivity contribution >= 4 is 11.9 Å². The Kier molecular flexibility index (Phi) is 4.97. The fourth-order valence-electron chi connectivity index (χ4n) is 2.03. The van der Waals surface area contributed by atoms with Crippen molar-refractivity contribution in [1.82, 2.24) is 4.90 Å². The molecule has 4 nitrogen and oxygen atoms in total. The van der Waals surface area contributed by atoms with Crippen molar-refractivity contribution in [1.29, 1.82) is 0 Å². The lowest BCUT2D eigenvalue weighted by atomic mass is 9.96. The number of hydrogen-bond acceptors (Lipinski definition) is 3. The second-order valence-corrected chi connectivity index (χ2v) is 5.24. The number of esters is 1. The second-order valence-electron chi connectivity index (χ2n) is 5.24. The molecule has 1 fully saturated rings. The first-order valence-corrected chi connectivity index (χ1v) is 6.41. The van der Waals surface area contributed by atoms with Gasteiger partial charge in [0, 0.05) is 19.0 Å². The van der Waals surface area contributed by atoms with Gasteiger partial charge in [0.25, 0.3) is 0 Å². The van der Waals surface area contributed by atoms with Gasteiger partial charge in [0.05, 0.1) is 12.0 Å². The van der Waals surface area contributed by atoms with E-state index in [-0.39, 0.29) is 29.8 Å². The predicted molar refractivity (Wildman–Crippen MR) is 65.4 cm³/mol. The summed E-state index contributed by atoms with van der Waals surface area (Å²) in [5.41, 5.74) is 0. The van der Waals surface area contributed by atoms with Crippen LogP contribution in [0.25, 0.3) is 0 Å². The third-order valence-corrected chi connectivity index (χ3v) is 2.99. The average Bonchev–Trinajstić information content (AvgIpc) is 2.27. The molecule has 0 aliphatic carbocycles. The lowest BCUT2D eigenvalue weighted by Gasteiger charge is -2.32. The first-order valence-electron chi connectivity index (χ1n) is 6.41. The van der Waals surface area contributed by atoms with Gasteiger partial charge in [-0.1, -0.05) is 13.8 Å². The summed E-state index contributed by atoms with van der Waals surface area (Å²) in [5, 5.41) is 0. The van der Waals surface area contributed by atoms with Crippen LogP contribution in [0.15, 0.2) is 0 Å². The first-order chi connectivity index (χ1) is 7.91. The Balaban J connectivity index is 2.40. The van der Waals surface area contributed by atoms with E-state index in [9.17, 15) is 9.59 Å². The van der Waals surface area contributed by atoms with Crippen molar-refractivity contribution in [2.75, 3.05) is 13.1 Å². The van der Waals surface area contributed by atoms with E-state index in [0.29, 0.717) is 13.1 Å². The Hall–Kier alpha value is -1.06. The standard InChI is InChI=1S/C13H23NO3/c1-9(2)12(15)14-7-5-11(6-8-14)13(16)17-10(3)4/h9-11H,5-8H2,1-4H3. The summed E-state index contributed by atoms with van der Waals surface area (Å²) in [5.74, 6) is 0.0695. The SMILES string of the molecule is CC(C)OC(=O)C1CCN(C(=O)C(C)C)CC1. The van der Waals surface area contributed by atoms with E-state index in [0.717, 1.165) is 12.8 Å². The van der Waals surface area contributed by atoms with Crippen LogP contribution in [0.4, 0.5) is 0 Å². The quantitative estimate of drug-likeness (QED) is 0.708. The Labute approximate surface area is 103 Å². The third-order valence-electron chi connectivity index (χ3n) is 2.99.